The lowest BCUT2D eigenvalue weighted by Crippen LogP contribution is -2.47. The summed E-state index contributed by atoms with van der Waals surface area (Å²) in [5.74, 6) is -0.622. The Morgan fingerprint density at radius 1 is 1.08 bits per heavy atom. The van der Waals surface area contributed by atoms with Gasteiger partial charge < -0.3 is 20.3 Å². The molecule has 0 radical (unpaired) electrons. The Morgan fingerprint density at radius 3 is 2.70 bits per heavy atom. The summed E-state index contributed by atoms with van der Waals surface area (Å²) in [7, 11) is 0. The number of hydrogen-bond acceptors (Lipinski definition) is 6. The van der Waals surface area contributed by atoms with Gasteiger partial charge in [-0.05, 0) is 55.2 Å². The Bertz CT molecular complexity index is 1230. The predicted molar refractivity (Wildman–Crippen MR) is 139 cm³/mol. The lowest BCUT2D eigenvalue weighted by Gasteiger charge is -2.24. The van der Waals surface area contributed by atoms with Gasteiger partial charge in [0.15, 0.2) is 5.69 Å². The maximum Gasteiger partial charge on any atom is 0.274 e. The van der Waals surface area contributed by atoms with Crippen LogP contribution in [0.2, 0.25) is 5.02 Å². The summed E-state index contributed by atoms with van der Waals surface area (Å²) in [5, 5.41) is 14.0. The first-order valence-electron chi connectivity index (χ1n) is 12.1. The standard InChI is InChI=1S/C27H28ClN5O4/c28-20-10-11-24-22(16-20)26(35)29-12-4-5-14-33(27(36)23-9-6-13-30-32-23)17-25(34)31-21(18-37-24)15-19-7-2-1-3-8-19/h1-3,6-11,13,16,21H,4-5,12,14-15,17-18H2,(H,29,35)(H,31,34)/t21-/m1/s1. The van der Waals surface area contributed by atoms with E-state index in [9.17, 15) is 14.4 Å². The molecular weight excluding hydrogens is 494 g/mol. The first-order valence-corrected chi connectivity index (χ1v) is 12.5. The number of carbonyl (C=O) groups excluding carboxylic acids is 3. The van der Waals surface area contributed by atoms with E-state index in [1.165, 1.54) is 11.1 Å². The van der Waals surface area contributed by atoms with Crippen LogP contribution in [-0.4, -0.2) is 65.1 Å². The average Bonchev–Trinajstić information content (AvgIpc) is 2.91. The van der Waals surface area contributed by atoms with E-state index in [0.29, 0.717) is 48.7 Å². The highest BCUT2D eigenvalue weighted by Gasteiger charge is 2.23. The van der Waals surface area contributed by atoms with E-state index >= 15 is 0 Å². The van der Waals surface area contributed by atoms with Crippen LogP contribution in [0, 0.1) is 0 Å². The molecule has 4 rings (SSSR count). The molecule has 9 nitrogen and oxygen atoms in total. The largest absolute Gasteiger partial charge is 0.491 e. The number of halogens is 1. The molecule has 10 heteroatoms. The van der Waals surface area contributed by atoms with Crippen molar-refractivity contribution in [1.82, 2.24) is 25.7 Å². The second kappa shape index (κ2) is 12.8. The third-order valence-corrected chi connectivity index (χ3v) is 6.10. The maximum absolute atomic E-state index is 13.1. The van der Waals surface area contributed by atoms with Gasteiger partial charge >= 0.3 is 0 Å². The van der Waals surface area contributed by atoms with Crippen molar-refractivity contribution < 1.29 is 19.1 Å². The van der Waals surface area contributed by atoms with Crippen molar-refractivity contribution in [2.45, 2.75) is 25.3 Å². The Morgan fingerprint density at radius 2 is 1.92 bits per heavy atom. The lowest BCUT2D eigenvalue weighted by molar-refractivity contribution is -0.122. The smallest absolute Gasteiger partial charge is 0.274 e. The molecule has 1 atom stereocenters. The van der Waals surface area contributed by atoms with Crippen LogP contribution < -0.4 is 15.4 Å². The number of rotatable bonds is 3. The summed E-state index contributed by atoms with van der Waals surface area (Å²) in [4.78, 5) is 40.5. The Hall–Kier alpha value is -3.98. The molecule has 0 saturated carbocycles. The molecule has 0 spiro atoms. The quantitative estimate of drug-likeness (QED) is 0.548. The van der Waals surface area contributed by atoms with Gasteiger partial charge in [0.25, 0.3) is 11.8 Å². The summed E-state index contributed by atoms with van der Waals surface area (Å²) < 4.78 is 6.03. The minimum atomic E-state index is -0.417. The second-order valence-electron chi connectivity index (χ2n) is 8.70. The van der Waals surface area contributed by atoms with Crippen LogP contribution in [0.3, 0.4) is 0 Å². The summed E-state index contributed by atoms with van der Waals surface area (Å²) >= 11 is 6.15. The molecule has 3 amide bonds. The molecule has 1 aliphatic heterocycles. The highest BCUT2D eigenvalue weighted by Crippen LogP contribution is 2.23. The van der Waals surface area contributed by atoms with Crippen molar-refractivity contribution in [3.05, 3.63) is 88.7 Å². The first-order chi connectivity index (χ1) is 18.0. The van der Waals surface area contributed by atoms with Crippen molar-refractivity contribution in [2.24, 2.45) is 0 Å². The predicted octanol–water partition coefficient (Wildman–Crippen LogP) is 2.90. The zero-order valence-corrected chi connectivity index (χ0v) is 21.0. The number of carbonyl (C=O) groups is 3. The number of amides is 3. The number of nitrogens with zero attached hydrogens (tertiary/aromatic N) is 3. The molecule has 2 aromatic carbocycles. The molecule has 1 aliphatic rings. The van der Waals surface area contributed by atoms with Gasteiger partial charge in [-0.2, -0.15) is 5.10 Å². The van der Waals surface area contributed by atoms with Gasteiger partial charge in [0.1, 0.15) is 12.4 Å². The van der Waals surface area contributed by atoms with Gasteiger partial charge in [-0.1, -0.05) is 41.9 Å². The normalized spacial score (nSPS) is 17.3. The number of hydrogen-bond donors (Lipinski definition) is 2. The second-order valence-corrected chi connectivity index (χ2v) is 9.14. The van der Waals surface area contributed by atoms with E-state index in [1.54, 1.807) is 30.3 Å². The van der Waals surface area contributed by atoms with Crippen molar-refractivity contribution in [1.29, 1.82) is 0 Å². The zero-order valence-electron chi connectivity index (χ0n) is 20.2. The molecule has 0 aliphatic carbocycles. The van der Waals surface area contributed by atoms with E-state index < -0.39 is 6.04 Å². The maximum atomic E-state index is 13.1. The van der Waals surface area contributed by atoms with Crippen LogP contribution in [0.25, 0.3) is 0 Å². The third kappa shape index (κ3) is 7.50. The van der Waals surface area contributed by atoms with Crippen LogP contribution in [0.15, 0.2) is 66.9 Å². The van der Waals surface area contributed by atoms with Crippen LogP contribution in [0.1, 0.15) is 39.3 Å². The van der Waals surface area contributed by atoms with E-state index in [1.807, 2.05) is 30.3 Å². The topological polar surface area (TPSA) is 114 Å². The molecule has 3 aromatic rings. The molecule has 2 heterocycles. The van der Waals surface area contributed by atoms with Crippen LogP contribution in [0.4, 0.5) is 0 Å². The van der Waals surface area contributed by atoms with Crippen molar-refractivity contribution in [2.75, 3.05) is 26.2 Å². The first kappa shape index (κ1) is 26.1. The van der Waals surface area contributed by atoms with Crippen molar-refractivity contribution in [3.8, 4) is 5.75 Å². The Kier molecular flexibility index (Phi) is 9.04. The van der Waals surface area contributed by atoms with E-state index in [4.69, 9.17) is 16.3 Å². The fourth-order valence-electron chi connectivity index (χ4n) is 4.05. The number of fused-ring (bicyclic) bond motifs is 1. The number of aromatic nitrogens is 2. The fraction of sp³-hybridized carbons (Fsp3) is 0.296. The highest BCUT2D eigenvalue weighted by molar-refractivity contribution is 6.31. The minimum absolute atomic E-state index is 0.112. The van der Waals surface area contributed by atoms with Gasteiger partial charge in [-0.3, -0.25) is 14.4 Å². The van der Waals surface area contributed by atoms with Gasteiger partial charge in [0.05, 0.1) is 18.2 Å². The Balaban J connectivity index is 1.58. The molecule has 0 unspecified atom stereocenters. The SMILES string of the molecule is O=C1CN(C(=O)c2cccnn2)CCCCNC(=O)c2cc(Cl)ccc2OC[C@@H](Cc2ccccc2)N1. The monoisotopic (exact) mass is 521 g/mol. The summed E-state index contributed by atoms with van der Waals surface area (Å²) in [6.45, 7) is 0.682. The molecule has 1 aromatic heterocycles. The summed E-state index contributed by atoms with van der Waals surface area (Å²) in [5.41, 5.74) is 1.50. The van der Waals surface area contributed by atoms with Crippen LogP contribution >= 0.6 is 11.6 Å². The van der Waals surface area contributed by atoms with E-state index in [2.05, 4.69) is 20.8 Å². The van der Waals surface area contributed by atoms with E-state index in [0.717, 1.165) is 5.56 Å². The lowest BCUT2D eigenvalue weighted by atomic mass is 10.1. The van der Waals surface area contributed by atoms with E-state index in [-0.39, 0.29) is 36.6 Å². The van der Waals surface area contributed by atoms with Crippen LogP contribution in [0.5, 0.6) is 5.75 Å². The van der Waals surface area contributed by atoms with Crippen molar-refractivity contribution in [3.63, 3.8) is 0 Å². The minimum Gasteiger partial charge on any atom is -0.491 e. The number of benzene rings is 2. The number of ether oxygens (including phenoxy) is 1. The number of nitrogens with one attached hydrogen (secondary N) is 2. The van der Waals surface area contributed by atoms with Gasteiger partial charge in [0.2, 0.25) is 5.91 Å². The zero-order chi connectivity index (χ0) is 26.0. The molecular formula is C27H28ClN5O4. The summed E-state index contributed by atoms with van der Waals surface area (Å²) in [6.07, 6.45) is 3.16. The molecule has 37 heavy (non-hydrogen) atoms. The molecule has 192 valence electrons. The molecule has 2 N–H and O–H groups in total. The average molecular weight is 522 g/mol. The van der Waals surface area contributed by atoms with Crippen LogP contribution in [-0.2, 0) is 11.2 Å². The highest BCUT2D eigenvalue weighted by atomic mass is 35.5. The molecule has 0 bridgehead atoms. The van der Waals surface area contributed by atoms with Gasteiger partial charge in [-0.15, -0.1) is 5.10 Å². The third-order valence-electron chi connectivity index (χ3n) is 5.87. The Labute approximate surface area is 220 Å². The van der Waals surface area contributed by atoms with Gasteiger partial charge in [0, 0.05) is 24.3 Å². The fourth-order valence-corrected chi connectivity index (χ4v) is 4.22. The van der Waals surface area contributed by atoms with Crippen molar-refractivity contribution >= 4 is 29.3 Å². The summed E-state index contributed by atoms with van der Waals surface area (Å²) in [6, 6.07) is 17.3. The molecule has 0 fully saturated rings. The van der Waals surface area contributed by atoms with Gasteiger partial charge in [-0.25, -0.2) is 0 Å². The molecule has 0 saturated heterocycles.